The summed E-state index contributed by atoms with van der Waals surface area (Å²) in [5.41, 5.74) is 3.60. The van der Waals surface area contributed by atoms with Crippen LogP contribution >= 0.6 is 23.4 Å². The lowest BCUT2D eigenvalue weighted by molar-refractivity contribution is -0.133. The average Bonchev–Trinajstić information content (AvgIpc) is 3.39. The molecule has 7 nitrogen and oxygen atoms in total. The third kappa shape index (κ3) is 6.24. The molecule has 206 valence electrons. The predicted octanol–water partition coefficient (Wildman–Crippen LogP) is 6.14. The van der Waals surface area contributed by atoms with E-state index in [1.54, 1.807) is 11.8 Å². The standard InChI is InChI=1S/C31H32ClN5O2S/c1-22-9-6-7-12-27(22)30(39)36-19-18-35(21-23(36)2)28(38)13-8-20-40-31-34-33-29(24-14-16-25(32)17-15-24)37(31)26-10-4-3-5-11-26/h3-7,9-12,14-17,23H,8,13,18-21H2,1-2H3. The molecule has 1 aromatic heterocycles. The van der Waals surface area contributed by atoms with Crippen LogP contribution in [0.1, 0.15) is 35.7 Å². The van der Waals surface area contributed by atoms with Gasteiger partial charge in [-0.15, -0.1) is 10.2 Å². The number of amides is 2. The van der Waals surface area contributed by atoms with Crippen LogP contribution in [0, 0.1) is 6.92 Å². The Morgan fingerprint density at radius 2 is 1.68 bits per heavy atom. The first-order valence-electron chi connectivity index (χ1n) is 13.5. The maximum absolute atomic E-state index is 13.1. The van der Waals surface area contributed by atoms with Gasteiger partial charge in [-0.25, -0.2) is 0 Å². The van der Waals surface area contributed by atoms with Crippen molar-refractivity contribution in [3.05, 3.63) is 95.0 Å². The van der Waals surface area contributed by atoms with Gasteiger partial charge in [0.1, 0.15) is 0 Å². The smallest absolute Gasteiger partial charge is 0.254 e. The molecule has 1 fully saturated rings. The zero-order valence-corrected chi connectivity index (χ0v) is 24.2. The van der Waals surface area contributed by atoms with E-state index in [1.165, 1.54) is 0 Å². The summed E-state index contributed by atoms with van der Waals surface area (Å²) < 4.78 is 2.04. The number of para-hydroxylation sites is 1. The summed E-state index contributed by atoms with van der Waals surface area (Å²) in [4.78, 5) is 29.9. The predicted molar refractivity (Wildman–Crippen MR) is 160 cm³/mol. The molecule has 0 spiro atoms. The van der Waals surface area contributed by atoms with Crippen LogP contribution in [0.25, 0.3) is 17.1 Å². The molecule has 2 heterocycles. The summed E-state index contributed by atoms with van der Waals surface area (Å²) in [6.07, 6.45) is 1.17. The molecule has 1 aliphatic rings. The highest BCUT2D eigenvalue weighted by Gasteiger charge is 2.30. The molecular weight excluding hydrogens is 542 g/mol. The van der Waals surface area contributed by atoms with Gasteiger partial charge in [0.15, 0.2) is 11.0 Å². The second-order valence-electron chi connectivity index (χ2n) is 9.94. The van der Waals surface area contributed by atoms with E-state index in [9.17, 15) is 9.59 Å². The van der Waals surface area contributed by atoms with Gasteiger partial charge in [-0.3, -0.25) is 14.2 Å². The number of rotatable bonds is 8. The minimum absolute atomic E-state index is 0.0325. The average molecular weight is 574 g/mol. The summed E-state index contributed by atoms with van der Waals surface area (Å²) in [5, 5.41) is 10.4. The Morgan fingerprint density at radius 3 is 2.40 bits per heavy atom. The molecule has 0 N–H and O–H groups in total. The number of aryl methyl sites for hydroxylation is 1. The number of benzene rings is 3. The van der Waals surface area contributed by atoms with E-state index in [4.69, 9.17) is 11.6 Å². The van der Waals surface area contributed by atoms with Crippen molar-refractivity contribution in [2.24, 2.45) is 0 Å². The van der Waals surface area contributed by atoms with Crippen molar-refractivity contribution in [1.29, 1.82) is 0 Å². The molecule has 40 heavy (non-hydrogen) atoms. The number of nitrogens with zero attached hydrogens (tertiary/aromatic N) is 5. The molecule has 5 rings (SSSR count). The quantitative estimate of drug-likeness (QED) is 0.187. The van der Waals surface area contributed by atoms with Crippen LogP contribution in [0.15, 0.2) is 84.0 Å². The number of piperazine rings is 1. The van der Waals surface area contributed by atoms with E-state index in [-0.39, 0.29) is 17.9 Å². The maximum atomic E-state index is 13.1. The van der Waals surface area contributed by atoms with E-state index >= 15 is 0 Å². The monoisotopic (exact) mass is 573 g/mol. The van der Waals surface area contributed by atoms with Crippen molar-refractivity contribution >= 4 is 35.2 Å². The van der Waals surface area contributed by atoms with E-state index in [0.717, 1.165) is 45.5 Å². The molecule has 1 unspecified atom stereocenters. The van der Waals surface area contributed by atoms with Crippen LogP contribution in [0.2, 0.25) is 5.02 Å². The lowest BCUT2D eigenvalue weighted by atomic mass is 10.1. The SMILES string of the molecule is Cc1ccccc1C(=O)N1CCN(C(=O)CCCSc2nnc(-c3ccc(Cl)cc3)n2-c2ccccc2)CC1C. The van der Waals surface area contributed by atoms with Crippen molar-refractivity contribution in [3.8, 4) is 17.1 Å². The first-order valence-corrected chi connectivity index (χ1v) is 14.8. The van der Waals surface area contributed by atoms with E-state index in [0.29, 0.717) is 31.1 Å². The highest BCUT2D eigenvalue weighted by molar-refractivity contribution is 7.99. The summed E-state index contributed by atoms with van der Waals surface area (Å²) in [7, 11) is 0. The minimum Gasteiger partial charge on any atom is -0.339 e. The fraction of sp³-hybridized carbons (Fsp3) is 0.290. The van der Waals surface area contributed by atoms with Crippen LogP contribution in [0.4, 0.5) is 0 Å². The van der Waals surface area contributed by atoms with Gasteiger partial charge < -0.3 is 9.80 Å². The first kappa shape index (κ1) is 27.9. The molecule has 9 heteroatoms. The Kier molecular flexibility index (Phi) is 8.87. The number of hydrogen-bond acceptors (Lipinski definition) is 5. The molecule has 1 atom stereocenters. The second kappa shape index (κ2) is 12.7. The summed E-state index contributed by atoms with van der Waals surface area (Å²) in [6.45, 7) is 5.62. The van der Waals surface area contributed by atoms with E-state index < -0.39 is 0 Å². The lowest BCUT2D eigenvalue weighted by Crippen LogP contribution is -2.55. The third-order valence-electron chi connectivity index (χ3n) is 7.13. The molecule has 0 radical (unpaired) electrons. The van der Waals surface area contributed by atoms with E-state index in [1.807, 2.05) is 107 Å². The van der Waals surface area contributed by atoms with Crippen LogP contribution in [-0.4, -0.2) is 67.8 Å². The zero-order valence-electron chi connectivity index (χ0n) is 22.7. The highest BCUT2D eigenvalue weighted by atomic mass is 35.5. The van der Waals surface area contributed by atoms with Crippen molar-refractivity contribution in [3.63, 3.8) is 0 Å². The Bertz CT molecular complexity index is 1470. The van der Waals surface area contributed by atoms with Crippen molar-refractivity contribution in [2.45, 2.75) is 37.9 Å². The molecule has 4 aromatic rings. The van der Waals surface area contributed by atoms with Gasteiger partial charge in [-0.05, 0) is 68.3 Å². The van der Waals surface area contributed by atoms with Crippen LogP contribution in [0.5, 0.6) is 0 Å². The van der Waals surface area contributed by atoms with Gasteiger partial charge in [-0.1, -0.05) is 59.8 Å². The van der Waals surface area contributed by atoms with E-state index in [2.05, 4.69) is 10.2 Å². The molecule has 3 aromatic carbocycles. The van der Waals surface area contributed by atoms with Crippen LogP contribution < -0.4 is 0 Å². The van der Waals surface area contributed by atoms with Gasteiger partial charge in [0, 0.05) is 59.7 Å². The minimum atomic E-state index is -0.0325. The number of aromatic nitrogens is 3. The topological polar surface area (TPSA) is 71.3 Å². The summed E-state index contributed by atoms with van der Waals surface area (Å²) >= 11 is 7.68. The fourth-order valence-electron chi connectivity index (χ4n) is 4.96. The fourth-order valence-corrected chi connectivity index (χ4v) is 5.97. The number of carbonyl (C=O) groups excluding carboxylic acids is 2. The molecule has 0 saturated carbocycles. The molecule has 0 aliphatic carbocycles. The highest BCUT2D eigenvalue weighted by Crippen LogP contribution is 2.29. The normalized spacial score (nSPS) is 15.3. The first-order chi connectivity index (χ1) is 19.4. The number of halogens is 1. The Labute approximate surface area is 244 Å². The van der Waals surface area contributed by atoms with Crippen LogP contribution in [-0.2, 0) is 4.79 Å². The van der Waals surface area contributed by atoms with Crippen molar-refractivity contribution < 1.29 is 9.59 Å². The van der Waals surface area contributed by atoms with Crippen molar-refractivity contribution in [1.82, 2.24) is 24.6 Å². The number of thioether (sulfide) groups is 1. The lowest BCUT2D eigenvalue weighted by Gasteiger charge is -2.40. The van der Waals surface area contributed by atoms with Gasteiger partial charge >= 0.3 is 0 Å². The molecule has 1 aliphatic heterocycles. The zero-order chi connectivity index (χ0) is 28.1. The van der Waals surface area contributed by atoms with Gasteiger partial charge in [-0.2, -0.15) is 0 Å². The Hall–Kier alpha value is -3.62. The molecular formula is C31H32ClN5O2S. The maximum Gasteiger partial charge on any atom is 0.254 e. The van der Waals surface area contributed by atoms with Gasteiger partial charge in [0.2, 0.25) is 5.91 Å². The van der Waals surface area contributed by atoms with Crippen LogP contribution in [0.3, 0.4) is 0 Å². The van der Waals surface area contributed by atoms with Gasteiger partial charge in [0.25, 0.3) is 5.91 Å². The third-order valence-corrected chi connectivity index (χ3v) is 8.40. The molecule has 1 saturated heterocycles. The Morgan fingerprint density at radius 1 is 0.950 bits per heavy atom. The van der Waals surface area contributed by atoms with Crippen molar-refractivity contribution in [2.75, 3.05) is 25.4 Å². The molecule has 0 bridgehead atoms. The van der Waals surface area contributed by atoms with Gasteiger partial charge in [0.05, 0.1) is 0 Å². The largest absolute Gasteiger partial charge is 0.339 e. The number of hydrogen-bond donors (Lipinski definition) is 0. The summed E-state index contributed by atoms with van der Waals surface area (Å²) in [6, 6.07) is 25.2. The molecule has 2 amide bonds. The number of carbonyl (C=O) groups is 2. The second-order valence-corrected chi connectivity index (χ2v) is 11.4. The Balaban J connectivity index is 1.17. The summed E-state index contributed by atoms with van der Waals surface area (Å²) in [5.74, 6) is 1.64.